The fourth-order valence-electron chi connectivity index (χ4n) is 2.25. The number of rotatable bonds is 9. The van der Waals surface area contributed by atoms with Crippen LogP contribution in [-0.4, -0.2) is 57.5 Å². The maximum absolute atomic E-state index is 5.67. The predicted octanol–water partition coefficient (Wildman–Crippen LogP) is 1.52. The number of nitrogens with one attached hydrogen (secondary N) is 1. The van der Waals surface area contributed by atoms with Crippen molar-refractivity contribution < 1.29 is 9.47 Å². The smallest absolute Gasteiger partial charge is 0.0594 e. The van der Waals surface area contributed by atoms with Crippen LogP contribution < -0.4 is 5.32 Å². The Balaban J connectivity index is 1.38. The highest BCUT2D eigenvalue weighted by Crippen LogP contribution is 1.98. The number of nitrogens with zero attached hydrogens (tertiary/aromatic N) is 1. The molecule has 1 N–H and O–H groups in total. The van der Waals surface area contributed by atoms with Gasteiger partial charge in [0.05, 0.1) is 19.8 Å². The van der Waals surface area contributed by atoms with E-state index in [1.54, 1.807) is 0 Å². The van der Waals surface area contributed by atoms with E-state index >= 15 is 0 Å². The molecule has 20 heavy (non-hydrogen) atoms. The molecule has 0 unspecified atom stereocenters. The van der Waals surface area contributed by atoms with Gasteiger partial charge in [-0.05, 0) is 18.5 Å². The van der Waals surface area contributed by atoms with Crippen LogP contribution in [0.4, 0.5) is 0 Å². The van der Waals surface area contributed by atoms with Gasteiger partial charge in [0.25, 0.3) is 0 Å². The largest absolute Gasteiger partial charge is 0.380 e. The summed E-state index contributed by atoms with van der Waals surface area (Å²) in [5.74, 6) is 0. The van der Waals surface area contributed by atoms with E-state index < -0.39 is 0 Å². The van der Waals surface area contributed by atoms with Gasteiger partial charge >= 0.3 is 0 Å². The van der Waals surface area contributed by atoms with E-state index in [1.165, 1.54) is 5.56 Å². The Morgan fingerprint density at radius 2 is 1.90 bits per heavy atom. The normalized spacial score (nSPS) is 16.4. The summed E-state index contributed by atoms with van der Waals surface area (Å²) in [4.78, 5) is 2.40. The van der Waals surface area contributed by atoms with E-state index in [1.807, 2.05) is 6.07 Å². The van der Waals surface area contributed by atoms with Gasteiger partial charge in [-0.15, -0.1) is 0 Å². The second-order valence-electron chi connectivity index (χ2n) is 5.08. The number of hydrogen-bond donors (Lipinski definition) is 1. The molecule has 0 atom stereocenters. The van der Waals surface area contributed by atoms with Crippen LogP contribution in [0, 0.1) is 0 Å². The van der Waals surface area contributed by atoms with E-state index in [9.17, 15) is 0 Å². The quantitative estimate of drug-likeness (QED) is 0.694. The molecule has 0 aromatic heterocycles. The first-order valence-corrected chi connectivity index (χ1v) is 7.57. The Bertz CT molecular complexity index is 340. The lowest BCUT2D eigenvalue weighted by Gasteiger charge is -2.26. The van der Waals surface area contributed by atoms with E-state index in [0.29, 0.717) is 0 Å². The van der Waals surface area contributed by atoms with Gasteiger partial charge in [-0.3, -0.25) is 4.90 Å². The summed E-state index contributed by atoms with van der Waals surface area (Å²) in [7, 11) is 0. The van der Waals surface area contributed by atoms with Crippen LogP contribution in [0.2, 0.25) is 0 Å². The van der Waals surface area contributed by atoms with Gasteiger partial charge in [-0.1, -0.05) is 30.3 Å². The summed E-state index contributed by atoms with van der Waals surface area (Å²) in [6.45, 7) is 8.46. The minimum Gasteiger partial charge on any atom is -0.380 e. The van der Waals surface area contributed by atoms with Crippen LogP contribution in [0.15, 0.2) is 30.3 Å². The summed E-state index contributed by atoms with van der Waals surface area (Å²) in [5, 5.41) is 3.44. The van der Waals surface area contributed by atoms with Crippen molar-refractivity contribution >= 4 is 0 Å². The second kappa shape index (κ2) is 9.88. The highest BCUT2D eigenvalue weighted by atomic mass is 16.5. The average Bonchev–Trinajstić information content (AvgIpc) is 2.52. The van der Waals surface area contributed by atoms with Crippen molar-refractivity contribution in [3.8, 4) is 0 Å². The Hall–Kier alpha value is -0.940. The molecule has 2 rings (SSSR count). The third-order valence-corrected chi connectivity index (χ3v) is 3.47. The lowest BCUT2D eigenvalue weighted by molar-refractivity contribution is 0.0202. The molecule has 4 heteroatoms. The van der Waals surface area contributed by atoms with Crippen LogP contribution in [0.25, 0.3) is 0 Å². The topological polar surface area (TPSA) is 33.7 Å². The van der Waals surface area contributed by atoms with Gasteiger partial charge in [-0.2, -0.15) is 0 Å². The summed E-state index contributed by atoms with van der Waals surface area (Å²) >= 11 is 0. The molecular formula is C16H26N2O2. The Labute approximate surface area is 122 Å². The lowest BCUT2D eigenvalue weighted by Crippen LogP contribution is -2.38. The van der Waals surface area contributed by atoms with E-state index in [-0.39, 0.29) is 0 Å². The van der Waals surface area contributed by atoms with Crippen molar-refractivity contribution in [2.45, 2.75) is 13.0 Å². The van der Waals surface area contributed by atoms with Crippen LogP contribution in [0.5, 0.6) is 0 Å². The maximum Gasteiger partial charge on any atom is 0.0594 e. The summed E-state index contributed by atoms with van der Waals surface area (Å²) < 4.78 is 11.0. The molecule has 0 aliphatic carbocycles. The average molecular weight is 278 g/mol. The Kier molecular flexibility index (Phi) is 7.64. The molecule has 1 fully saturated rings. The van der Waals surface area contributed by atoms with Crippen molar-refractivity contribution in [3.05, 3.63) is 35.9 Å². The fourth-order valence-corrected chi connectivity index (χ4v) is 2.25. The molecule has 1 aromatic rings. The lowest BCUT2D eigenvalue weighted by atomic mass is 10.2. The highest BCUT2D eigenvalue weighted by Gasteiger charge is 2.08. The molecule has 1 saturated heterocycles. The molecule has 4 nitrogen and oxygen atoms in total. The van der Waals surface area contributed by atoms with E-state index in [2.05, 4.69) is 34.5 Å². The van der Waals surface area contributed by atoms with Crippen LogP contribution >= 0.6 is 0 Å². The van der Waals surface area contributed by atoms with Gasteiger partial charge in [-0.25, -0.2) is 0 Å². The SMILES string of the molecule is c1ccc(CNCCCOCCN2CCOCC2)cc1. The van der Waals surface area contributed by atoms with Crippen molar-refractivity contribution in [1.29, 1.82) is 0 Å². The van der Waals surface area contributed by atoms with Gasteiger partial charge in [0.2, 0.25) is 0 Å². The fraction of sp³-hybridized carbons (Fsp3) is 0.625. The standard InChI is InChI=1S/C16H26N2O2/c1-2-5-16(6-3-1)15-17-7-4-11-19-12-8-18-9-13-20-14-10-18/h1-3,5-6,17H,4,7-15H2. The number of hydrogen-bond acceptors (Lipinski definition) is 4. The predicted molar refractivity (Wildman–Crippen MR) is 80.8 cm³/mol. The molecule has 0 spiro atoms. The molecule has 0 bridgehead atoms. The summed E-state index contributed by atoms with van der Waals surface area (Å²) in [6, 6.07) is 10.5. The molecule has 1 heterocycles. The first-order valence-electron chi connectivity index (χ1n) is 7.57. The summed E-state index contributed by atoms with van der Waals surface area (Å²) in [5.41, 5.74) is 1.33. The zero-order valence-corrected chi connectivity index (χ0v) is 12.2. The maximum atomic E-state index is 5.67. The summed E-state index contributed by atoms with van der Waals surface area (Å²) in [6.07, 6.45) is 1.07. The monoisotopic (exact) mass is 278 g/mol. The zero-order valence-electron chi connectivity index (χ0n) is 12.2. The minimum absolute atomic E-state index is 0.832. The molecular weight excluding hydrogens is 252 g/mol. The molecule has 0 amide bonds. The van der Waals surface area contributed by atoms with E-state index in [4.69, 9.17) is 9.47 Å². The Morgan fingerprint density at radius 3 is 2.70 bits per heavy atom. The first kappa shape index (κ1) is 15.4. The number of morpholine rings is 1. The van der Waals surface area contributed by atoms with Crippen LogP contribution in [-0.2, 0) is 16.0 Å². The van der Waals surface area contributed by atoms with Crippen molar-refractivity contribution in [2.75, 3.05) is 52.6 Å². The van der Waals surface area contributed by atoms with Gasteiger partial charge in [0.15, 0.2) is 0 Å². The van der Waals surface area contributed by atoms with E-state index in [0.717, 1.165) is 65.6 Å². The van der Waals surface area contributed by atoms with Crippen LogP contribution in [0.3, 0.4) is 0 Å². The van der Waals surface area contributed by atoms with Crippen molar-refractivity contribution in [2.24, 2.45) is 0 Å². The minimum atomic E-state index is 0.832. The molecule has 0 radical (unpaired) electrons. The zero-order chi connectivity index (χ0) is 13.9. The molecule has 0 saturated carbocycles. The third-order valence-electron chi connectivity index (χ3n) is 3.47. The Morgan fingerprint density at radius 1 is 1.10 bits per heavy atom. The highest BCUT2D eigenvalue weighted by molar-refractivity contribution is 5.14. The first-order chi connectivity index (χ1) is 9.95. The number of ether oxygens (including phenoxy) is 2. The second-order valence-corrected chi connectivity index (χ2v) is 5.08. The van der Waals surface area contributed by atoms with Gasteiger partial charge in [0, 0.05) is 32.8 Å². The van der Waals surface area contributed by atoms with Crippen molar-refractivity contribution in [1.82, 2.24) is 10.2 Å². The number of benzene rings is 1. The van der Waals surface area contributed by atoms with Crippen LogP contribution in [0.1, 0.15) is 12.0 Å². The molecule has 1 aromatic carbocycles. The molecule has 1 aliphatic heterocycles. The van der Waals surface area contributed by atoms with Crippen molar-refractivity contribution in [3.63, 3.8) is 0 Å². The third kappa shape index (κ3) is 6.48. The molecule has 112 valence electrons. The van der Waals surface area contributed by atoms with Gasteiger partial charge < -0.3 is 14.8 Å². The molecule has 1 aliphatic rings. The van der Waals surface area contributed by atoms with Gasteiger partial charge in [0.1, 0.15) is 0 Å².